The van der Waals surface area contributed by atoms with Crippen LogP contribution in [0.15, 0.2) is 0 Å². The summed E-state index contributed by atoms with van der Waals surface area (Å²) in [5, 5.41) is 9.36. The predicted octanol–water partition coefficient (Wildman–Crippen LogP) is 0.583. The summed E-state index contributed by atoms with van der Waals surface area (Å²) in [6.07, 6.45) is -0.171. The first kappa shape index (κ1) is 13.1. The number of hydrogen-bond donors (Lipinski definition) is 1. The monoisotopic (exact) mass is 201 g/mol. The molecule has 1 N–H and O–H groups in total. The van der Waals surface area contributed by atoms with Crippen molar-refractivity contribution in [3.8, 4) is 0 Å². The molecule has 0 aliphatic carbocycles. The zero-order valence-electron chi connectivity index (χ0n) is 9.28. The van der Waals surface area contributed by atoms with Crippen LogP contribution in [-0.4, -0.2) is 40.4 Å². The number of hydrogen-bond acceptors (Lipinski definition) is 3. The molecule has 0 spiro atoms. The van der Waals surface area contributed by atoms with Gasteiger partial charge in [0.2, 0.25) is 5.91 Å². The van der Waals surface area contributed by atoms with E-state index in [1.165, 1.54) is 18.7 Å². The molecule has 4 nitrogen and oxygen atoms in total. The molecule has 0 saturated carbocycles. The smallest absolute Gasteiger partial charge is 0.220 e. The SMILES string of the molecule is CC.CC(=O)C1C(O)CCN1C(C)=O. The molecule has 1 aliphatic heterocycles. The normalized spacial score (nSPS) is 25.4. The molecule has 14 heavy (non-hydrogen) atoms. The molecule has 0 aromatic carbocycles. The van der Waals surface area contributed by atoms with Gasteiger partial charge in [-0.05, 0) is 13.3 Å². The minimum atomic E-state index is -0.675. The number of Topliss-reactive ketones (excluding diaryl/α,β-unsaturated/α-hetero) is 1. The van der Waals surface area contributed by atoms with Crippen LogP contribution >= 0.6 is 0 Å². The Morgan fingerprint density at radius 3 is 2.07 bits per heavy atom. The highest BCUT2D eigenvalue weighted by Gasteiger charge is 2.37. The maximum Gasteiger partial charge on any atom is 0.220 e. The fourth-order valence-electron chi connectivity index (χ4n) is 1.62. The maximum atomic E-state index is 11.0. The molecule has 1 amide bonds. The molecule has 2 unspecified atom stereocenters. The van der Waals surface area contributed by atoms with E-state index in [0.29, 0.717) is 13.0 Å². The summed E-state index contributed by atoms with van der Waals surface area (Å²) >= 11 is 0. The Bertz CT molecular complexity index is 215. The Hall–Kier alpha value is -0.900. The van der Waals surface area contributed by atoms with E-state index >= 15 is 0 Å². The molecule has 0 radical (unpaired) electrons. The van der Waals surface area contributed by atoms with Gasteiger partial charge in [0.05, 0.1) is 6.10 Å². The van der Waals surface area contributed by atoms with E-state index in [4.69, 9.17) is 0 Å². The minimum absolute atomic E-state index is 0.143. The van der Waals surface area contributed by atoms with Gasteiger partial charge in [-0.2, -0.15) is 0 Å². The second kappa shape index (κ2) is 5.75. The third-order valence-electron chi connectivity index (χ3n) is 2.19. The van der Waals surface area contributed by atoms with Crippen molar-refractivity contribution in [1.29, 1.82) is 0 Å². The third kappa shape index (κ3) is 2.80. The Kier molecular flexibility index (Phi) is 5.38. The predicted molar refractivity (Wildman–Crippen MR) is 53.8 cm³/mol. The van der Waals surface area contributed by atoms with Crippen molar-refractivity contribution >= 4 is 11.7 Å². The number of carbonyl (C=O) groups excluding carboxylic acids is 2. The van der Waals surface area contributed by atoms with E-state index in [1.807, 2.05) is 13.8 Å². The number of aliphatic hydroxyl groups excluding tert-OH is 1. The standard InChI is InChI=1S/C8H13NO3.C2H6/c1-5(10)8-7(12)3-4-9(8)6(2)11;1-2/h7-8,12H,3-4H2,1-2H3;1-2H3. The first-order chi connectivity index (χ1) is 6.54. The van der Waals surface area contributed by atoms with Crippen LogP contribution in [0.1, 0.15) is 34.1 Å². The largest absolute Gasteiger partial charge is 0.390 e. The molecular weight excluding hydrogens is 182 g/mol. The Labute approximate surface area is 84.9 Å². The number of amides is 1. The quantitative estimate of drug-likeness (QED) is 0.675. The fraction of sp³-hybridized carbons (Fsp3) is 0.800. The van der Waals surface area contributed by atoms with Gasteiger partial charge in [-0.1, -0.05) is 13.8 Å². The molecule has 1 aliphatic rings. The molecule has 0 aromatic rings. The highest BCUT2D eigenvalue weighted by Crippen LogP contribution is 2.18. The molecule has 0 aromatic heterocycles. The lowest BCUT2D eigenvalue weighted by molar-refractivity contribution is -0.137. The van der Waals surface area contributed by atoms with Gasteiger partial charge in [0.25, 0.3) is 0 Å². The first-order valence-electron chi connectivity index (χ1n) is 4.99. The lowest BCUT2D eigenvalue weighted by Crippen LogP contribution is -2.43. The highest BCUT2D eigenvalue weighted by atomic mass is 16.3. The van der Waals surface area contributed by atoms with Gasteiger partial charge in [0.1, 0.15) is 6.04 Å². The summed E-state index contributed by atoms with van der Waals surface area (Å²) in [6.45, 7) is 7.30. The number of rotatable bonds is 1. The van der Waals surface area contributed by atoms with Crippen LogP contribution in [-0.2, 0) is 9.59 Å². The van der Waals surface area contributed by atoms with Crippen LogP contribution in [0.25, 0.3) is 0 Å². The highest BCUT2D eigenvalue weighted by molar-refractivity contribution is 5.87. The number of likely N-dealkylation sites (tertiary alicyclic amines) is 1. The molecule has 0 bridgehead atoms. The average Bonchev–Trinajstić information content (AvgIpc) is 2.50. The molecule has 1 fully saturated rings. The molecule has 82 valence electrons. The van der Waals surface area contributed by atoms with Crippen LogP contribution < -0.4 is 0 Å². The lowest BCUT2D eigenvalue weighted by Gasteiger charge is -2.22. The van der Waals surface area contributed by atoms with E-state index in [2.05, 4.69) is 0 Å². The topological polar surface area (TPSA) is 57.6 Å². The van der Waals surface area contributed by atoms with Crippen LogP contribution in [0.3, 0.4) is 0 Å². The summed E-state index contributed by atoms with van der Waals surface area (Å²) in [5.74, 6) is -0.290. The average molecular weight is 201 g/mol. The van der Waals surface area contributed by atoms with Gasteiger partial charge in [0.15, 0.2) is 5.78 Å². The maximum absolute atomic E-state index is 11.0. The van der Waals surface area contributed by atoms with Gasteiger partial charge in [0, 0.05) is 13.5 Å². The van der Waals surface area contributed by atoms with Crippen molar-refractivity contribution in [1.82, 2.24) is 4.90 Å². The lowest BCUT2D eigenvalue weighted by atomic mass is 10.1. The fourth-order valence-corrected chi connectivity index (χ4v) is 1.62. The van der Waals surface area contributed by atoms with E-state index in [0.717, 1.165) is 0 Å². The number of nitrogens with zero attached hydrogens (tertiary/aromatic N) is 1. The van der Waals surface area contributed by atoms with E-state index in [-0.39, 0.29) is 11.7 Å². The van der Waals surface area contributed by atoms with Gasteiger partial charge in [-0.15, -0.1) is 0 Å². The van der Waals surface area contributed by atoms with Crippen molar-refractivity contribution < 1.29 is 14.7 Å². The van der Waals surface area contributed by atoms with Gasteiger partial charge in [-0.25, -0.2) is 0 Å². The Morgan fingerprint density at radius 2 is 1.79 bits per heavy atom. The van der Waals surface area contributed by atoms with E-state index < -0.39 is 12.1 Å². The van der Waals surface area contributed by atoms with Crippen LogP contribution in [0.2, 0.25) is 0 Å². The van der Waals surface area contributed by atoms with E-state index in [9.17, 15) is 14.7 Å². The molecule has 1 heterocycles. The molecule has 1 rings (SSSR count). The summed E-state index contributed by atoms with van der Waals surface area (Å²) < 4.78 is 0. The third-order valence-corrected chi connectivity index (χ3v) is 2.19. The van der Waals surface area contributed by atoms with Gasteiger partial charge >= 0.3 is 0 Å². The zero-order chi connectivity index (χ0) is 11.3. The van der Waals surface area contributed by atoms with Crippen molar-refractivity contribution in [3.05, 3.63) is 0 Å². The molecule has 1 saturated heterocycles. The second-order valence-electron chi connectivity index (χ2n) is 3.12. The first-order valence-corrected chi connectivity index (χ1v) is 4.99. The van der Waals surface area contributed by atoms with Crippen molar-refractivity contribution in [2.24, 2.45) is 0 Å². The van der Waals surface area contributed by atoms with Crippen molar-refractivity contribution in [2.45, 2.75) is 46.3 Å². The van der Waals surface area contributed by atoms with Crippen LogP contribution in [0, 0.1) is 0 Å². The van der Waals surface area contributed by atoms with E-state index in [1.54, 1.807) is 0 Å². The molecular formula is C10H19NO3. The van der Waals surface area contributed by atoms with Crippen LogP contribution in [0.5, 0.6) is 0 Å². The second-order valence-corrected chi connectivity index (χ2v) is 3.12. The number of ketones is 1. The number of aliphatic hydroxyl groups is 1. The Balaban J connectivity index is 0.000000791. The summed E-state index contributed by atoms with van der Waals surface area (Å²) in [7, 11) is 0. The minimum Gasteiger partial charge on any atom is -0.390 e. The zero-order valence-corrected chi connectivity index (χ0v) is 9.28. The summed E-state index contributed by atoms with van der Waals surface area (Å²) in [6, 6.07) is -0.609. The van der Waals surface area contributed by atoms with Crippen molar-refractivity contribution in [3.63, 3.8) is 0 Å². The summed E-state index contributed by atoms with van der Waals surface area (Å²) in [4.78, 5) is 23.4. The molecule has 2 atom stereocenters. The Morgan fingerprint density at radius 1 is 1.29 bits per heavy atom. The van der Waals surface area contributed by atoms with Crippen molar-refractivity contribution in [2.75, 3.05) is 6.54 Å². The number of carbonyl (C=O) groups is 2. The van der Waals surface area contributed by atoms with Gasteiger partial charge in [-0.3, -0.25) is 9.59 Å². The van der Waals surface area contributed by atoms with Crippen LogP contribution in [0.4, 0.5) is 0 Å². The van der Waals surface area contributed by atoms with Gasteiger partial charge < -0.3 is 10.0 Å². The molecule has 4 heteroatoms. The summed E-state index contributed by atoms with van der Waals surface area (Å²) in [5.41, 5.74) is 0.